The molecule has 0 bridgehead atoms. The van der Waals surface area contributed by atoms with Crippen LogP contribution in [0, 0.1) is 0 Å². The largest absolute Gasteiger partial charge is 0.504 e. The average molecular weight is 383 g/mol. The van der Waals surface area contributed by atoms with Crippen molar-refractivity contribution in [1.82, 2.24) is 20.6 Å². The molecule has 1 aromatic heterocycles. The predicted molar refractivity (Wildman–Crippen MR) is 102 cm³/mol. The summed E-state index contributed by atoms with van der Waals surface area (Å²) in [7, 11) is 1.47. The number of methoxy groups -OCH3 is 1. The molecule has 0 aliphatic carbocycles. The van der Waals surface area contributed by atoms with Crippen molar-refractivity contribution in [2.45, 2.75) is 19.3 Å². The molecule has 3 rings (SSSR count). The first kappa shape index (κ1) is 19.2. The number of hydrogen-bond acceptors (Lipinski definition) is 7. The average Bonchev–Trinajstić information content (AvgIpc) is 3.23. The molecule has 0 saturated carbocycles. The van der Waals surface area contributed by atoms with Gasteiger partial charge in [0.05, 0.1) is 13.7 Å². The summed E-state index contributed by atoms with van der Waals surface area (Å²) in [6.07, 6.45) is 0.305. The fourth-order valence-corrected chi connectivity index (χ4v) is 2.73. The lowest BCUT2D eigenvalue weighted by molar-refractivity contribution is -0.117. The van der Waals surface area contributed by atoms with E-state index in [2.05, 4.69) is 25.9 Å². The first-order chi connectivity index (χ1) is 13.6. The Labute approximate surface area is 161 Å². The van der Waals surface area contributed by atoms with Crippen molar-refractivity contribution < 1.29 is 19.4 Å². The summed E-state index contributed by atoms with van der Waals surface area (Å²) in [6.45, 7) is 2.48. The molecule has 0 radical (unpaired) electrons. The molecule has 1 amide bonds. The van der Waals surface area contributed by atoms with Gasteiger partial charge in [0.1, 0.15) is 11.7 Å². The molecule has 1 unspecified atom stereocenters. The third kappa shape index (κ3) is 4.56. The Morgan fingerprint density at radius 3 is 2.68 bits per heavy atom. The first-order valence-corrected chi connectivity index (χ1v) is 8.73. The molecule has 0 aliphatic heterocycles. The van der Waals surface area contributed by atoms with E-state index >= 15 is 0 Å². The van der Waals surface area contributed by atoms with Gasteiger partial charge in [0.15, 0.2) is 17.3 Å². The van der Waals surface area contributed by atoms with Gasteiger partial charge in [-0.1, -0.05) is 11.3 Å². The fourth-order valence-electron chi connectivity index (χ4n) is 2.73. The molecule has 0 saturated heterocycles. The Balaban J connectivity index is 1.79. The van der Waals surface area contributed by atoms with Crippen LogP contribution in [-0.4, -0.2) is 45.4 Å². The molecule has 9 heteroatoms. The van der Waals surface area contributed by atoms with E-state index in [0.717, 1.165) is 11.3 Å². The van der Waals surface area contributed by atoms with E-state index in [4.69, 9.17) is 9.47 Å². The highest BCUT2D eigenvalue weighted by atomic mass is 16.5. The quantitative estimate of drug-likeness (QED) is 0.545. The lowest BCUT2D eigenvalue weighted by Crippen LogP contribution is -2.24. The van der Waals surface area contributed by atoms with Crippen molar-refractivity contribution in [3.8, 4) is 17.2 Å². The second kappa shape index (κ2) is 8.85. The number of hydrogen-bond donors (Lipinski definition) is 3. The second-order valence-electron chi connectivity index (χ2n) is 5.98. The van der Waals surface area contributed by atoms with E-state index in [0.29, 0.717) is 24.5 Å². The van der Waals surface area contributed by atoms with Crippen molar-refractivity contribution in [3.05, 3.63) is 53.9 Å². The number of aromatic hydroxyl groups is 1. The highest BCUT2D eigenvalue weighted by molar-refractivity contribution is 5.95. The predicted octanol–water partition coefficient (Wildman–Crippen LogP) is 2.28. The highest BCUT2D eigenvalue weighted by Crippen LogP contribution is 2.29. The van der Waals surface area contributed by atoms with Gasteiger partial charge in [0.25, 0.3) is 0 Å². The molecular weight excluding hydrogens is 362 g/mol. The zero-order valence-corrected chi connectivity index (χ0v) is 15.5. The number of benzene rings is 2. The smallest absolute Gasteiger partial charge is 0.235 e. The third-order valence-corrected chi connectivity index (χ3v) is 4.11. The number of tetrazole rings is 1. The van der Waals surface area contributed by atoms with Gasteiger partial charge in [0, 0.05) is 5.69 Å². The maximum atomic E-state index is 12.9. The van der Waals surface area contributed by atoms with Crippen LogP contribution in [-0.2, 0) is 11.2 Å². The Hall–Kier alpha value is -3.62. The minimum absolute atomic E-state index is 0.0289. The molecule has 3 aromatic rings. The van der Waals surface area contributed by atoms with Crippen LogP contribution in [0.25, 0.3) is 0 Å². The van der Waals surface area contributed by atoms with E-state index in [1.807, 2.05) is 6.92 Å². The number of aromatic nitrogens is 4. The highest BCUT2D eigenvalue weighted by Gasteiger charge is 2.26. The number of phenols is 1. The van der Waals surface area contributed by atoms with Gasteiger partial charge in [-0.2, -0.15) is 5.21 Å². The number of rotatable bonds is 8. The van der Waals surface area contributed by atoms with Gasteiger partial charge in [-0.05, 0) is 55.3 Å². The molecule has 146 valence electrons. The van der Waals surface area contributed by atoms with E-state index in [-0.39, 0.29) is 17.5 Å². The van der Waals surface area contributed by atoms with Gasteiger partial charge in [0.2, 0.25) is 5.91 Å². The van der Waals surface area contributed by atoms with E-state index in [1.165, 1.54) is 13.2 Å². The number of ether oxygens (including phenoxy) is 2. The van der Waals surface area contributed by atoms with Crippen LogP contribution in [0.2, 0.25) is 0 Å². The summed E-state index contributed by atoms with van der Waals surface area (Å²) in [5.74, 6) is 0.400. The summed E-state index contributed by atoms with van der Waals surface area (Å²) in [4.78, 5) is 12.9. The molecule has 1 heterocycles. The third-order valence-electron chi connectivity index (χ3n) is 4.11. The number of H-pyrrole nitrogens is 1. The molecule has 2 aromatic carbocycles. The van der Waals surface area contributed by atoms with Crippen molar-refractivity contribution in [2.75, 3.05) is 19.0 Å². The molecule has 9 nitrogen and oxygen atoms in total. The maximum Gasteiger partial charge on any atom is 0.235 e. The van der Waals surface area contributed by atoms with Gasteiger partial charge >= 0.3 is 0 Å². The van der Waals surface area contributed by atoms with E-state index in [9.17, 15) is 9.90 Å². The van der Waals surface area contributed by atoms with Crippen molar-refractivity contribution in [2.24, 2.45) is 0 Å². The normalized spacial score (nSPS) is 11.6. The Morgan fingerprint density at radius 1 is 1.25 bits per heavy atom. The number of nitrogens with one attached hydrogen (secondary N) is 2. The summed E-state index contributed by atoms with van der Waals surface area (Å²) >= 11 is 0. The number of phenolic OH excluding ortho intramolecular Hbond substituents is 1. The first-order valence-electron chi connectivity index (χ1n) is 8.73. The van der Waals surface area contributed by atoms with E-state index in [1.54, 1.807) is 36.4 Å². The molecule has 3 N–H and O–H groups in total. The van der Waals surface area contributed by atoms with Crippen LogP contribution in [0.15, 0.2) is 42.5 Å². The zero-order valence-electron chi connectivity index (χ0n) is 15.5. The summed E-state index contributed by atoms with van der Waals surface area (Å²) < 4.78 is 10.5. The van der Waals surface area contributed by atoms with Crippen LogP contribution in [0.5, 0.6) is 17.2 Å². The molecule has 28 heavy (non-hydrogen) atoms. The number of anilines is 1. The SMILES string of the molecule is CCOc1ccc(NC(=O)C(Cc2ccc(O)c(OC)c2)c2nn[nH]n2)cc1. The molecule has 0 spiro atoms. The van der Waals surface area contributed by atoms with Crippen molar-refractivity contribution in [3.63, 3.8) is 0 Å². The Morgan fingerprint density at radius 2 is 2.04 bits per heavy atom. The lowest BCUT2D eigenvalue weighted by Gasteiger charge is -2.15. The standard InChI is InChI=1S/C19H21N5O4/c1-3-28-14-7-5-13(6-8-14)20-19(26)15(18-21-23-24-22-18)10-12-4-9-16(25)17(11-12)27-2/h4-9,11,15,25H,3,10H2,1-2H3,(H,20,26)(H,21,22,23,24). The number of amides is 1. The van der Waals surface area contributed by atoms with Crippen LogP contribution < -0.4 is 14.8 Å². The molecule has 0 fully saturated rings. The van der Waals surface area contributed by atoms with Crippen molar-refractivity contribution >= 4 is 11.6 Å². The summed E-state index contributed by atoms with van der Waals surface area (Å²) in [6, 6.07) is 12.0. The summed E-state index contributed by atoms with van der Waals surface area (Å²) in [5.41, 5.74) is 1.41. The maximum absolute atomic E-state index is 12.9. The van der Waals surface area contributed by atoms with Crippen LogP contribution in [0.4, 0.5) is 5.69 Å². The lowest BCUT2D eigenvalue weighted by atomic mass is 9.97. The monoisotopic (exact) mass is 383 g/mol. The minimum Gasteiger partial charge on any atom is -0.504 e. The van der Waals surface area contributed by atoms with Crippen LogP contribution in [0.1, 0.15) is 24.2 Å². The van der Waals surface area contributed by atoms with E-state index < -0.39 is 5.92 Å². The van der Waals surface area contributed by atoms with Crippen LogP contribution >= 0.6 is 0 Å². The topological polar surface area (TPSA) is 122 Å². The number of nitrogens with zero attached hydrogens (tertiary/aromatic N) is 3. The molecule has 1 atom stereocenters. The van der Waals surface area contributed by atoms with Gasteiger partial charge in [-0.15, -0.1) is 10.2 Å². The zero-order chi connectivity index (χ0) is 19.9. The molecular formula is C19H21N5O4. The second-order valence-corrected chi connectivity index (χ2v) is 5.98. The number of carbonyl (C=O) groups excluding carboxylic acids is 1. The van der Waals surface area contributed by atoms with Crippen LogP contribution in [0.3, 0.4) is 0 Å². The van der Waals surface area contributed by atoms with Gasteiger partial charge < -0.3 is 19.9 Å². The van der Waals surface area contributed by atoms with Gasteiger partial charge in [-0.3, -0.25) is 4.79 Å². The van der Waals surface area contributed by atoms with Crippen molar-refractivity contribution in [1.29, 1.82) is 0 Å². The summed E-state index contributed by atoms with van der Waals surface area (Å²) in [5, 5.41) is 26.5. The number of carbonyl (C=O) groups is 1. The fraction of sp³-hybridized carbons (Fsp3) is 0.263. The Kier molecular flexibility index (Phi) is 6.05. The Bertz CT molecular complexity index is 913. The minimum atomic E-state index is -0.681. The molecule has 0 aliphatic rings. The van der Waals surface area contributed by atoms with Gasteiger partial charge in [-0.25, -0.2) is 0 Å². The number of aromatic amines is 1.